The number of aryl methyl sites for hydroxylation is 1. The van der Waals surface area contributed by atoms with E-state index in [0.717, 1.165) is 28.9 Å². The van der Waals surface area contributed by atoms with Crippen molar-refractivity contribution in [3.8, 4) is 11.1 Å². The molecule has 4 heteroatoms. The van der Waals surface area contributed by atoms with E-state index < -0.39 is 0 Å². The van der Waals surface area contributed by atoms with Gasteiger partial charge in [-0.1, -0.05) is 37.6 Å². The molecule has 2 aromatic carbocycles. The zero-order chi connectivity index (χ0) is 12.3. The maximum atomic E-state index is 5.96. The summed E-state index contributed by atoms with van der Waals surface area (Å²) in [4.78, 5) is 0. The standard InChI is InChI=1S/C15H18N2.2ClH/c1-2-3-11-4-6-12(7-5-11)14-10-13(16)8-9-15(14)17;;/h4-10H,2-3,16-17H2,1H3;2*1H. The first-order valence-corrected chi connectivity index (χ1v) is 5.95. The Balaban J connectivity index is 0.00000162. The Morgan fingerprint density at radius 2 is 1.53 bits per heavy atom. The fraction of sp³-hybridized carbons (Fsp3) is 0.200. The van der Waals surface area contributed by atoms with Crippen molar-refractivity contribution >= 4 is 36.2 Å². The van der Waals surface area contributed by atoms with Gasteiger partial charge in [-0.2, -0.15) is 0 Å². The van der Waals surface area contributed by atoms with E-state index in [1.165, 1.54) is 12.0 Å². The SMILES string of the molecule is CCCc1ccc(-c2cc(N)ccc2N)cc1.Cl.Cl. The molecule has 0 bridgehead atoms. The molecule has 2 rings (SSSR count). The quantitative estimate of drug-likeness (QED) is 0.830. The topological polar surface area (TPSA) is 52.0 Å². The smallest absolute Gasteiger partial charge is 0.0395 e. The fourth-order valence-corrected chi connectivity index (χ4v) is 1.96. The Labute approximate surface area is 127 Å². The van der Waals surface area contributed by atoms with E-state index in [9.17, 15) is 0 Å². The van der Waals surface area contributed by atoms with Gasteiger partial charge in [-0.05, 0) is 35.7 Å². The third kappa shape index (κ3) is 4.34. The van der Waals surface area contributed by atoms with Crippen molar-refractivity contribution in [1.82, 2.24) is 0 Å². The average molecular weight is 299 g/mol. The molecular formula is C15H20Cl2N2. The molecule has 0 atom stereocenters. The van der Waals surface area contributed by atoms with Crippen LogP contribution < -0.4 is 11.5 Å². The van der Waals surface area contributed by atoms with Crippen LogP contribution in [0.15, 0.2) is 42.5 Å². The molecule has 0 amide bonds. The van der Waals surface area contributed by atoms with E-state index in [4.69, 9.17) is 11.5 Å². The maximum Gasteiger partial charge on any atom is 0.0395 e. The first-order chi connectivity index (χ1) is 8.20. The Hall–Kier alpha value is -1.38. The Morgan fingerprint density at radius 3 is 2.11 bits per heavy atom. The Bertz CT molecular complexity index is 510. The minimum atomic E-state index is 0. The number of rotatable bonds is 3. The van der Waals surface area contributed by atoms with Gasteiger partial charge in [0.25, 0.3) is 0 Å². The minimum absolute atomic E-state index is 0. The first kappa shape index (κ1) is 17.6. The average Bonchev–Trinajstić information content (AvgIpc) is 2.34. The van der Waals surface area contributed by atoms with Crippen LogP contribution in [0.5, 0.6) is 0 Å². The summed E-state index contributed by atoms with van der Waals surface area (Å²) in [6, 6.07) is 14.1. The third-order valence-electron chi connectivity index (χ3n) is 2.88. The van der Waals surface area contributed by atoms with Gasteiger partial charge in [0.05, 0.1) is 0 Å². The molecule has 2 aromatic rings. The van der Waals surface area contributed by atoms with Crippen LogP contribution in [-0.2, 0) is 6.42 Å². The number of nitrogens with two attached hydrogens (primary N) is 2. The van der Waals surface area contributed by atoms with Gasteiger partial charge in [0, 0.05) is 16.9 Å². The number of nitrogen functional groups attached to an aromatic ring is 2. The molecular weight excluding hydrogens is 279 g/mol. The van der Waals surface area contributed by atoms with Gasteiger partial charge in [0.15, 0.2) is 0 Å². The van der Waals surface area contributed by atoms with Crippen LogP contribution >= 0.6 is 24.8 Å². The molecule has 2 nitrogen and oxygen atoms in total. The highest BCUT2D eigenvalue weighted by Gasteiger charge is 2.03. The summed E-state index contributed by atoms with van der Waals surface area (Å²) >= 11 is 0. The molecule has 19 heavy (non-hydrogen) atoms. The van der Waals surface area contributed by atoms with Crippen LogP contribution in [0.2, 0.25) is 0 Å². The van der Waals surface area contributed by atoms with E-state index in [-0.39, 0.29) is 24.8 Å². The molecule has 0 radical (unpaired) electrons. The third-order valence-corrected chi connectivity index (χ3v) is 2.88. The van der Waals surface area contributed by atoms with Gasteiger partial charge in [0.1, 0.15) is 0 Å². The number of hydrogen-bond donors (Lipinski definition) is 2. The minimum Gasteiger partial charge on any atom is -0.399 e. The number of hydrogen-bond acceptors (Lipinski definition) is 2. The summed E-state index contributed by atoms with van der Waals surface area (Å²) in [6.45, 7) is 2.18. The Morgan fingerprint density at radius 1 is 0.895 bits per heavy atom. The van der Waals surface area contributed by atoms with Crippen LogP contribution in [0, 0.1) is 0 Å². The molecule has 0 saturated carbocycles. The van der Waals surface area contributed by atoms with Gasteiger partial charge >= 0.3 is 0 Å². The second kappa shape index (κ2) is 7.93. The van der Waals surface area contributed by atoms with E-state index in [2.05, 4.69) is 31.2 Å². The molecule has 0 fully saturated rings. The molecule has 0 aliphatic carbocycles. The lowest BCUT2D eigenvalue weighted by Gasteiger charge is -2.08. The summed E-state index contributed by atoms with van der Waals surface area (Å²) in [6.07, 6.45) is 2.28. The number of benzene rings is 2. The fourth-order valence-electron chi connectivity index (χ4n) is 1.96. The van der Waals surface area contributed by atoms with E-state index >= 15 is 0 Å². The number of anilines is 2. The van der Waals surface area contributed by atoms with Gasteiger partial charge in [-0.15, -0.1) is 24.8 Å². The van der Waals surface area contributed by atoms with Gasteiger partial charge in [-0.3, -0.25) is 0 Å². The summed E-state index contributed by atoms with van der Waals surface area (Å²) in [5.74, 6) is 0. The molecule has 104 valence electrons. The second-order valence-corrected chi connectivity index (χ2v) is 4.29. The summed E-state index contributed by atoms with van der Waals surface area (Å²) in [5.41, 5.74) is 16.7. The highest BCUT2D eigenvalue weighted by Crippen LogP contribution is 2.28. The molecule has 0 aliphatic heterocycles. The van der Waals surface area contributed by atoms with E-state index in [0.29, 0.717) is 0 Å². The van der Waals surface area contributed by atoms with Crippen molar-refractivity contribution in [2.45, 2.75) is 19.8 Å². The lowest BCUT2D eigenvalue weighted by molar-refractivity contribution is 0.922. The van der Waals surface area contributed by atoms with Crippen LogP contribution in [0.3, 0.4) is 0 Å². The lowest BCUT2D eigenvalue weighted by Crippen LogP contribution is -1.93. The van der Waals surface area contributed by atoms with Crippen LogP contribution in [0.1, 0.15) is 18.9 Å². The highest BCUT2D eigenvalue weighted by atomic mass is 35.5. The van der Waals surface area contributed by atoms with Crippen molar-refractivity contribution in [2.75, 3.05) is 11.5 Å². The molecule has 4 N–H and O–H groups in total. The van der Waals surface area contributed by atoms with Crippen molar-refractivity contribution in [3.63, 3.8) is 0 Å². The van der Waals surface area contributed by atoms with Crippen molar-refractivity contribution in [3.05, 3.63) is 48.0 Å². The van der Waals surface area contributed by atoms with Crippen molar-refractivity contribution in [2.24, 2.45) is 0 Å². The van der Waals surface area contributed by atoms with E-state index in [1.807, 2.05) is 18.2 Å². The lowest BCUT2D eigenvalue weighted by atomic mass is 10.0. The van der Waals surface area contributed by atoms with E-state index in [1.54, 1.807) is 0 Å². The molecule has 0 spiro atoms. The van der Waals surface area contributed by atoms with Gasteiger partial charge in [0.2, 0.25) is 0 Å². The molecule has 0 aliphatic rings. The van der Waals surface area contributed by atoms with Crippen LogP contribution in [-0.4, -0.2) is 0 Å². The Kier molecular flexibility index (Phi) is 7.35. The molecule has 0 heterocycles. The second-order valence-electron chi connectivity index (χ2n) is 4.29. The summed E-state index contributed by atoms with van der Waals surface area (Å²) < 4.78 is 0. The monoisotopic (exact) mass is 298 g/mol. The zero-order valence-electron chi connectivity index (χ0n) is 10.9. The van der Waals surface area contributed by atoms with Gasteiger partial charge < -0.3 is 11.5 Å². The van der Waals surface area contributed by atoms with Crippen molar-refractivity contribution in [1.29, 1.82) is 0 Å². The largest absolute Gasteiger partial charge is 0.399 e. The van der Waals surface area contributed by atoms with Gasteiger partial charge in [-0.25, -0.2) is 0 Å². The number of halogens is 2. The van der Waals surface area contributed by atoms with Crippen LogP contribution in [0.25, 0.3) is 11.1 Å². The van der Waals surface area contributed by atoms with Crippen LogP contribution in [0.4, 0.5) is 11.4 Å². The predicted molar refractivity (Wildman–Crippen MR) is 89.2 cm³/mol. The molecule has 0 saturated heterocycles. The normalized spacial score (nSPS) is 9.32. The zero-order valence-corrected chi connectivity index (χ0v) is 12.6. The summed E-state index contributed by atoms with van der Waals surface area (Å²) in [5, 5.41) is 0. The molecule has 0 aromatic heterocycles. The summed E-state index contributed by atoms with van der Waals surface area (Å²) in [7, 11) is 0. The predicted octanol–water partition coefficient (Wildman–Crippen LogP) is 4.31. The maximum absolute atomic E-state index is 5.96. The highest BCUT2D eigenvalue weighted by molar-refractivity contribution is 5.85. The molecule has 0 unspecified atom stereocenters. The van der Waals surface area contributed by atoms with Crippen molar-refractivity contribution < 1.29 is 0 Å². The first-order valence-electron chi connectivity index (χ1n) is 5.95.